The predicted molar refractivity (Wildman–Crippen MR) is 108 cm³/mol. The zero-order chi connectivity index (χ0) is 19.9. The van der Waals surface area contributed by atoms with Crippen molar-refractivity contribution in [3.8, 4) is 5.69 Å². The number of nitrogens with one attached hydrogen (secondary N) is 1. The highest BCUT2D eigenvalue weighted by Gasteiger charge is 2.12. The summed E-state index contributed by atoms with van der Waals surface area (Å²) in [5, 5.41) is 15.0. The maximum absolute atomic E-state index is 12.4. The molecule has 0 saturated heterocycles. The molecule has 0 saturated carbocycles. The summed E-state index contributed by atoms with van der Waals surface area (Å²) in [6.45, 7) is 0.875. The number of benzene rings is 2. The Morgan fingerprint density at radius 3 is 2.72 bits per heavy atom. The first-order valence-electron chi connectivity index (χ1n) is 9.12. The van der Waals surface area contributed by atoms with Gasteiger partial charge in [-0.2, -0.15) is 5.10 Å². The molecule has 2 aromatic carbocycles. The van der Waals surface area contributed by atoms with Crippen molar-refractivity contribution in [2.24, 2.45) is 0 Å². The standard InChI is InChI=1S/C21H19N7O/c29-21(23-13-18-10-4-5-11-20(18)28-16-22-15-24-28)19-14-27(26-25-19)12-6-9-17-7-2-1-3-8-17/h1-11,14-16H,12-13H2,(H,23,29). The molecule has 0 aliphatic carbocycles. The lowest BCUT2D eigenvalue weighted by Crippen LogP contribution is -2.24. The zero-order valence-corrected chi connectivity index (χ0v) is 15.6. The molecule has 2 heterocycles. The van der Waals surface area contributed by atoms with Gasteiger partial charge in [0, 0.05) is 6.54 Å². The summed E-state index contributed by atoms with van der Waals surface area (Å²) in [4.78, 5) is 16.4. The van der Waals surface area contributed by atoms with Crippen molar-refractivity contribution < 1.29 is 4.79 Å². The summed E-state index contributed by atoms with van der Waals surface area (Å²) in [5.41, 5.74) is 3.16. The quantitative estimate of drug-likeness (QED) is 0.528. The lowest BCUT2D eigenvalue weighted by Gasteiger charge is -2.09. The average molecular weight is 385 g/mol. The summed E-state index contributed by atoms with van der Waals surface area (Å²) < 4.78 is 3.29. The molecular weight excluding hydrogens is 366 g/mol. The minimum Gasteiger partial charge on any atom is -0.346 e. The van der Waals surface area contributed by atoms with Crippen LogP contribution in [0.1, 0.15) is 21.6 Å². The van der Waals surface area contributed by atoms with E-state index in [1.54, 1.807) is 21.9 Å². The van der Waals surface area contributed by atoms with Crippen molar-refractivity contribution in [2.75, 3.05) is 0 Å². The Labute approximate surface area is 167 Å². The Balaban J connectivity index is 1.36. The molecule has 8 nitrogen and oxygen atoms in total. The Hall–Kier alpha value is -4.07. The Kier molecular flexibility index (Phi) is 5.52. The van der Waals surface area contributed by atoms with E-state index in [0.29, 0.717) is 13.1 Å². The minimum atomic E-state index is -0.281. The normalized spacial score (nSPS) is 11.0. The number of hydrogen-bond acceptors (Lipinski definition) is 5. The van der Waals surface area contributed by atoms with E-state index in [1.807, 2.05) is 66.7 Å². The van der Waals surface area contributed by atoms with E-state index in [4.69, 9.17) is 0 Å². The first-order chi connectivity index (χ1) is 14.3. The van der Waals surface area contributed by atoms with Crippen molar-refractivity contribution >= 4 is 12.0 Å². The molecule has 4 rings (SSSR count). The van der Waals surface area contributed by atoms with Gasteiger partial charge in [-0.1, -0.05) is 65.9 Å². The Morgan fingerprint density at radius 1 is 1.07 bits per heavy atom. The molecule has 0 spiro atoms. The second-order valence-corrected chi connectivity index (χ2v) is 6.29. The maximum atomic E-state index is 12.4. The smallest absolute Gasteiger partial charge is 0.273 e. The third kappa shape index (κ3) is 4.62. The van der Waals surface area contributed by atoms with Gasteiger partial charge in [0.25, 0.3) is 5.91 Å². The molecular formula is C21H19N7O. The van der Waals surface area contributed by atoms with E-state index in [1.165, 1.54) is 6.33 Å². The average Bonchev–Trinajstić information content (AvgIpc) is 3.45. The summed E-state index contributed by atoms with van der Waals surface area (Å²) >= 11 is 0. The van der Waals surface area contributed by atoms with Gasteiger partial charge in [0.05, 0.1) is 18.4 Å². The first kappa shape index (κ1) is 18.3. The molecule has 0 aliphatic rings. The number of hydrogen-bond donors (Lipinski definition) is 1. The molecule has 0 bridgehead atoms. The topological polar surface area (TPSA) is 90.5 Å². The highest BCUT2D eigenvalue weighted by molar-refractivity contribution is 5.91. The third-order valence-electron chi connectivity index (χ3n) is 4.27. The van der Waals surface area contributed by atoms with Gasteiger partial charge >= 0.3 is 0 Å². The fourth-order valence-corrected chi connectivity index (χ4v) is 2.84. The van der Waals surface area contributed by atoms with Crippen LogP contribution in [-0.4, -0.2) is 35.7 Å². The molecule has 144 valence electrons. The van der Waals surface area contributed by atoms with Crippen LogP contribution in [0.5, 0.6) is 0 Å². The highest BCUT2D eigenvalue weighted by Crippen LogP contribution is 2.12. The van der Waals surface area contributed by atoms with Crippen LogP contribution >= 0.6 is 0 Å². The molecule has 0 aliphatic heterocycles. The van der Waals surface area contributed by atoms with Crippen molar-refractivity contribution in [3.63, 3.8) is 0 Å². The maximum Gasteiger partial charge on any atom is 0.273 e. The number of nitrogens with zero attached hydrogens (tertiary/aromatic N) is 6. The van der Waals surface area contributed by atoms with E-state index < -0.39 is 0 Å². The molecule has 0 fully saturated rings. The second kappa shape index (κ2) is 8.75. The van der Waals surface area contributed by atoms with Crippen LogP contribution in [0.15, 0.2) is 79.5 Å². The highest BCUT2D eigenvalue weighted by atomic mass is 16.2. The summed E-state index contributed by atoms with van der Waals surface area (Å²) in [5.74, 6) is -0.281. The molecule has 2 aromatic heterocycles. The van der Waals surface area contributed by atoms with Gasteiger partial charge in [0.2, 0.25) is 0 Å². The SMILES string of the molecule is O=C(NCc1ccccc1-n1cncn1)c1cn(CC=Cc2ccccc2)nn1. The number of carbonyl (C=O) groups is 1. The second-order valence-electron chi connectivity index (χ2n) is 6.29. The Morgan fingerprint density at radius 2 is 1.90 bits per heavy atom. The van der Waals surface area contributed by atoms with Crippen LogP contribution in [-0.2, 0) is 13.1 Å². The monoisotopic (exact) mass is 385 g/mol. The molecule has 1 amide bonds. The lowest BCUT2D eigenvalue weighted by molar-refractivity contribution is 0.0946. The van der Waals surface area contributed by atoms with Gasteiger partial charge in [-0.05, 0) is 17.2 Å². The van der Waals surface area contributed by atoms with E-state index in [-0.39, 0.29) is 11.6 Å². The fourth-order valence-electron chi connectivity index (χ4n) is 2.84. The number of rotatable bonds is 7. The van der Waals surface area contributed by atoms with Gasteiger partial charge < -0.3 is 5.32 Å². The molecule has 8 heteroatoms. The molecule has 0 radical (unpaired) electrons. The summed E-state index contributed by atoms with van der Waals surface area (Å²) in [7, 11) is 0. The van der Waals surface area contributed by atoms with Crippen molar-refractivity contribution in [3.05, 3.63) is 96.3 Å². The van der Waals surface area contributed by atoms with Crippen LogP contribution < -0.4 is 5.32 Å². The Bertz CT molecular complexity index is 1100. The summed E-state index contributed by atoms with van der Waals surface area (Å²) in [6, 6.07) is 17.7. The third-order valence-corrected chi connectivity index (χ3v) is 4.27. The van der Waals surface area contributed by atoms with E-state index in [2.05, 4.69) is 25.7 Å². The molecule has 29 heavy (non-hydrogen) atoms. The molecule has 4 aromatic rings. The van der Waals surface area contributed by atoms with Gasteiger partial charge in [0.1, 0.15) is 12.7 Å². The van der Waals surface area contributed by atoms with Crippen LogP contribution in [0.2, 0.25) is 0 Å². The van der Waals surface area contributed by atoms with Gasteiger partial charge in [-0.25, -0.2) is 14.3 Å². The minimum absolute atomic E-state index is 0.274. The van der Waals surface area contributed by atoms with Gasteiger partial charge in [0.15, 0.2) is 5.69 Å². The van der Waals surface area contributed by atoms with Crippen molar-refractivity contribution in [1.82, 2.24) is 35.1 Å². The molecule has 0 unspecified atom stereocenters. The van der Waals surface area contributed by atoms with Gasteiger partial charge in [-0.15, -0.1) is 5.10 Å². The summed E-state index contributed by atoms with van der Waals surface area (Å²) in [6.07, 6.45) is 8.70. The first-order valence-corrected chi connectivity index (χ1v) is 9.12. The van der Waals surface area contributed by atoms with Crippen LogP contribution in [0.4, 0.5) is 0 Å². The predicted octanol–water partition coefficient (Wildman–Crippen LogP) is 2.50. The van der Waals surface area contributed by atoms with E-state index >= 15 is 0 Å². The fraction of sp³-hybridized carbons (Fsp3) is 0.0952. The van der Waals surface area contributed by atoms with Gasteiger partial charge in [-0.3, -0.25) is 4.79 Å². The number of para-hydroxylation sites is 1. The van der Waals surface area contributed by atoms with Crippen molar-refractivity contribution in [1.29, 1.82) is 0 Å². The number of carbonyl (C=O) groups excluding carboxylic acids is 1. The number of aromatic nitrogens is 6. The van der Waals surface area contributed by atoms with Crippen LogP contribution in [0, 0.1) is 0 Å². The van der Waals surface area contributed by atoms with E-state index in [0.717, 1.165) is 16.8 Å². The van der Waals surface area contributed by atoms with Crippen LogP contribution in [0.3, 0.4) is 0 Å². The largest absolute Gasteiger partial charge is 0.346 e. The lowest BCUT2D eigenvalue weighted by atomic mass is 10.2. The van der Waals surface area contributed by atoms with Crippen LogP contribution in [0.25, 0.3) is 11.8 Å². The zero-order valence-electron chi connectivity index (χ0n) is 15.6. The number of allylic oxidation sites excluding steroid dienone is 1. The van der Waals surface area contributed by atoms with Crippen molar-refractivity contribution in [2.45, 2.75) is 13.1 Å². The van der Waals surface area contributed by atoms with E-state index in [9.17, 15) is 4.79 Å². The number of amides is 1. The molecule has 0 atom stereocenters. The molecule has 1 N–H and O–H groups in total.